The highest BCUT2D eigenvalue weighted by Gasteiger charge is 2.25. The molecule has 0 fully saturated rings. The predicted molar refractivity (Wildman–Crippen MR) is 73.2 cm³/mol. The molecule has 4 nitrogen and oxygen atoms in total. The van der Waals surface area contributed by atoms with E-state index in [4.69, 9.17) is 4.42 Å². The number of sulfonamides is 1. The van der Waals surface area contributed by atoms with Gasteiger partial charge in [-0.1, -0.05) is 25.1 Å². The average Bonchev–Trinajstić information content (AvgIpc) is 2.89. The fraction of sp³-hybridized carbons (Fsp3) is 0.286. The highest BCUT2D eigenvalue weighted by atomic mass is 32.2. The van der Waals surface area contributed by atoms with E-state index < -0.39 is 10.0 Å². The molecule has 0 radical (unpaired) electrons. The molecule has 2 aromatic rings. The summed E-state index contributed by atoms with van der Waals surface area (Å²) in [6.45, 7) is 4.27. The lowest BCUT2D eigenvalue weighted by Crippen LogP contribution is -2.30. The third kappa shape index (κ3) is 2.88. The number of aryl methyl sites for hydroxylation is 1. The van der Waals surface area contributed by atoms with E-state index in [-0.39, 0.29) is 6.54 Å². The second-order valence-electron chi connectivity index (χ2n) is 4.28. The maximum atomic E-state index is 12.6. The largest absolute Gasteiger partial charge is 0.468 e. The molecule has 0 saturated carbocycles. The Hall–Kier alpha value is -1.59. The van der Waals surface area contributed by atoms with Gasteiger partial charge in [0.25, 0.3) is 0 Å². The van der Waals surface area contributed by atoms with E-state index in [1.807, 2.05) is 13.0 Å². The number of hydrogen-bond acceptors (Lipinski definition) is 3. The summed E-state index contributed by atoms with van der Waals surface area (Å²) in [6.07, 6.45) is 1.55. The Morgan fingerprint density at radius 2 is 1.89 bits per heavy atom. The molecule has 0 atom stereocenters. The smallest absolute Gasteiger partial charge is 0.243 e. The standard InChI is InChI=1S/C14H17NO3S/c1-3-15(11-13-8-6-10-18-13)19(16,17)14-9-5-4-7-12(14)2/h4-10H,3,11H2,1-2H3. The van der Waals surface area contributed by atoms with Gasteiger partial charge in [0.2, 0.25) is 10.0 Å². The fourth-order valence-corrected chi connectivity index (χ4v) is 3.57. The molecule has 2 rings (SSSR count). The molecular weight excluding hydrogens is 262 g/mol. The molecule has 1 heterocycles. The van der Waals surface area contributed by atoms with Crippen molar-refractivity contribution < 1.29 is 12.8 Å². The predicted octanol–water partition coefficient (Wildman–Crippen LogP) is 2.80. The highest BCUT2D eigenvalue weighted by molar-refractivity contribution is 7.89. The Morgan fingerprint density at radius 3 is 2.47 bits per heavy atom. The molecule has 0 aliphatic rings. The second-order valence-corrected chi connectivity index (χ2v) is 6.18. The molecule has 5 heteroatoms. The van der Waals surface area contributed by atoms with Crippen LogP contribution in [0.15, 0.2) is 52.0 Å². The Morgan fingerprint density at radius 1 is 1.16 bits per heavy atom. The summed E-state index contributed by atoms with van der Waals surface area (Å²) < 4.78 is 31.8. The number of nitrogens with zero attached hydrogens (tertiary/aromatic N) is 1. The second kappa shape index (κ2) is 5.59. The van der Waals surface area contributed by atoms with Crippen LogP contribution in [0.2, 0.25) is 0 Å². The third-order valence-electron chi connectivity index (χ3n) is 2.98. The van der Waals surface area contributed by atoms with Crippen LogP contribution in [0, 0.1) is 6.92 Å². The summed E-state index contributed by atoms with van der Waals surface area (Å²) in [5.41, 5.74) is 0.750. The molecule has 0 amide bonds. The van der Waals surface area contributed by atoms with E-state index >= 15 is 0 Å². The average molecular weight is 279 g/mol. The Labute approximate surface area is 113 Å². The molecule has 0 N–H and O–H groups in total. The van der Waals surface area contributed by atoms with Gasteiger partial charge in [-0.3, -0.25) is 0 Å². The zero-order valence-electron chi connectivity index (χ0n) is 11.0. The molecule has 0 bridgehead atoms. The van der Waals surface area contributed by atoms with Crippen molar-refractivity contribution in [1.82, 2.24) is 4.31 Å². The summed E-state index contributed by atoms with van der Waals surface area (Å²) in [5.74, 6) is 0.638. The summed E-state index contributed by atoms with van der Waals surface area (Å²) in [4.78, 5) is 0.350. The van der Waals surface area contributed by atoms with Gasteiger partial charge in [0, 0.05) is 6.54 Å². The van der Waals surface area contributed by atoms with Crippen molar-refractivity contribution in [3.8, 4) is 0 Å². The molecule has 1 aromatic heterocycles. The quantitative estimate of drug-likeness (QED) is 0.845. The number of rotatable bonds is 5. The zero-order chi connectivity index (χ0) is 13.9. The molecule has 1 aromatic carbocycles. The van der Waals surface area contributed by atoms with Gasteiger partial charge >= 0.3 is 0 Å². The molecule has 0 aliphatic heterocycles. The molecule has 0 unspecified atom stereocenters. The lowest BCUT2D eigenvalue weighted by Gasteiger charge is -2.20. The van der Waals surface area contributed by atoms with Crippen LogP contribution in [-0.4, -0.2) is 19.3 Å². The Kier molecular flexibility index (Phi) is 4.07. The first-order valence-electron chi connectivity index (χ1n) is 6.14. The van der Waals surface area contributed by atoms with Gasteiger partial charge in [-0.15, -0.1) is 0 Å². The summed E-state index contributed by atoms with van der Waals surface area (Å²) in [6, 6.07) is 10.5. The maximum Gasteiger partial charge on any atom is 0.243 e. The van der Waals surface area contributed by atoms with Crippen LogP contribution in [0.5, 0.6) is 0 Å². The number of benzene rings is 1. The summed E-state index contributed by atoms with van der Waals surface area (Å²) in [7, 11) is -3.48. The molecule has 0 aliphatic carbocycles. The van der Waals surface area contributed by atoms with Crippen LogP contribution >= 0.6 is 0 Å². The molecule has 102 valence electrons. The molecule has 0 saturated heterocycles. The van der Waals surface area contributed by atoms with Crippen molar-refractivity contribution in [2.45, 2.75) is 25.3 Å². The van der Waals surface area contributed by atoms with Crippen LogP contribution in [0.3, 0.4) is 0 Å². The van der Waals surface area contributed by atoms with Crippen molar-refractivity contribution in [3.05, 3.63) is 54.0 Å². The number of furan rings is 1. The van der Waals surface area contributed by atoms with Crippen molar-refractivity contribution in [1.29, 1.82) is 0 Å². The normalized spacial score (nSPS) is 11.9. The molecular formula is C14H17NO3S. The Bertz CT molecular complexity index is 632. The first-order valence-corrected chi connectivity index (χ1v) is 7.58. The summed E-state index contributed by atoms with van der Waals surface area (Å²) >= 11 is 0. The topological polar surface area (TPSA) is 50.5 Å². The van der Waals surface area contributed by atoms with Crippen molar-refractivity contribution in [3.63, 3.8) is 0 Å². The maximum absolute atomic E-state index is 12.6. The van der Waals surface area contributed by atoms with E-state index in [1.165, 1.54) is 4.31 Å². The first-order chi connectivity index (χ1) is 9.05. The zero-order valence-corrected chi connectivity index (χ0v) is 11.9. The van der Waals surface area contributed by atoms with Crippen LogP contribution in [-0.2, 0) is 16.6 Å². The van der Waals surface area contributed by atoms with E-state index in [9.17, 15) is 8.42 Å². The first kappa shape index (κ1) is 13.8. The van der Waals surface area contributed by atoms with Gasteiger partial charge in [-0.25, -0.2) is 8.42 Å². The van der Waals surface area contributed by atoms with Crippen molar-refractivity contribution >= 4 is 10.0 Å². The van der Waals surface area contributed by atoms with E-state index in [0.29, 0.717) is 17.2 Å². The minimum absolute atomic E-state index is 0.250. The lowest BCUT2D eigenvalue weighted by atomic mass is 10.2. The van der Waals surface area contributed by atoms with Gasteiger partial charge in [-0.2, -0.15) is 4.31 Å². The van der Waals surface area contributed by atoms with Gasteiger partial charge in [-0.05, 0) is 30.7 Å². The van der Waals surface area contributed by atoms with Gasteiger partial charge in [0.1, 0.15) is 5.76 Å². The van der Waals surface area contributed by atoms with Crippen LogP contribution in [0.1, 0.15) is 18.2 Å². The Balaban J connectivity index is 2.34. The van der Waals surface area contributed by atoms with E-state index in [1.54, 1.807) is 43.5 Å². The van der Waals surface area contributed by atoms with Crippen LogP contribution < -0.4 is 0 Å². The van der Waals surface area contributed by atoms with E-state index in [0.717, 1.165) is 5.56 Å². The van der Waals surface area contributed by atoms with Gasteiger partial charge in [0.15, 0.2) is 0 Å². The summed E-state index contributed by atoms with van der Waals surface area (Å²) in [5, 5.41) is 0. The van der Waals surface area contributed by atoms with Gasteiger partial charge < -0.3 is 4.42 Å². The highest BCUT2D eigenvalue weighted by Crippen LogP contribution is 2.21. The molecule has 0 spiro atoms. The van der Waals surface area contributed by atoms with Crippen LogP contribution in [0.25, 0.3) is 0 Å². The SMILES string of the molecule is CCN(Cc1ccco1)S(=O)(=O)c1ccccc1C. The molecule has 19 heavy (non-hydrogen) atoms. The fourth-order valence-electron chi connectivity index (χ4n) is 1.93. The third-order valence-corrected chi connectivity index (χ3v) is 5.06. The lowest BCUT2D eigenvalue weighted by molar-refractivity contribution is 0.375. The monoisotopic (exact) mass is 279 g/mol. The van der Waals surface area contributed by atoms with Crippen molar-refractivity contribution in [2.24, 2.45) is 0 Å². The number of hydrogen-bond donors (Lipinski definition) is 0. The van der Waals surface area contributed by atoms with E-state index in [2.05, 4.69) is 0 Å². The van der Waals surface area contributed by atoms with Crippen LogP contribution in [0.4, 0.5) is 0 Å². The minimum atomic E-state index is -3.48. The van der Waals surface area contributed by atoms with Gasteiger partial charge in [0.05, 0.1) is 17.7 Å². The van der Waals surface area contributed by atoms with Crippen molar-refractivity contribution in [2.75, 3.05) is 6.54 Å². The minimum Gasteiger partial charge on any atom is -0.468 e.